The SMILES string of the molecule is CC(=O)c1ccc(C(=O)N2CC(C)CC(C)C2)[nH]1. The van der Waals surface area contributed by atoms with Gasteiger partial charge in [-0.05, 0) is 30.4 Å². The minimum Gasteiger partial charge on any atom is -0.348 e. The van der Waals surface area contributed by atoms with Crippen LogP contribution in [0.15, 0.2) is 12.1 Å². The maximum atomic E-state index is 12.3. The Balaban J connectivity index is 2.12. The van der Waals surface area contributed by atoms with E-state index in [0.29, 0.717) is 23.2 Å². The fraction of sp³-hybridized carbons (Fsp3) is 0.571. The van der Waals surface area contributed by atoms with Crippen molar-refractivity contribution in [2.45, 2.75) is 27.2 Å². The molecule has 4 heteroatoms. The number of ketones is 1. The largest absolute Gasteiger partial charge is 0.348 e. The predicted molar refractivity (Wildman–Crippen MR) is 69.6 cm³/mol. The number of piperidine rings is 1. The number of amides is 1. The lowest BCUT2D eigenvalue weighted by Gasteiger charge is -2.34. The van der Waals surface area contributed by atoms with Crippen molar-refractivity contribution >= 4 is 11.7 Å². The minimum absolute atomic E-state index is 0.000833. The van der Waals surface area contributed by atoms with Crippen molar-refractivity contribution in [3.05, 3.63) is 23.5 Å². The van der Waals surface area contributed by atoms with Crippen molar-refractivity contribution in [2.75, 3.05) is 13.1 Å². The number of aromatic amines is 1. The molecule has 0 bridgehead atoms. The smallest absolute Gasteiger partial charge is 0.270 e. The molecule has 98 valence electrons. The monoisotopic (exact) mass is 248 g/mol. The van der Waals surface area contributed by atoms with Crippen LogP contribution < -0.4 is 0 Å². The van der Waals surface area contributed by atoms with Gasteiger partial charge in [0.15, 0.2) is 5.78 Å². The summed E-state index contributed by atoms with van der Waals surface area (Å²) in [7, 11) is 0. The van der Waals surface area contributed by atoms with Crippen molar-refractivity contribution in [3.8, 4) is 0 Å². The van der Waals surface area contributed by atoms with E-state index in [1.165, 1.54) is 13.3 Å². The molecule has 4 nitrogen and oxygen atoms in total. The predicted octanol–water partition coefficient (Wildman–Crippen LogP) is 2.34. The number of aromatic nitrogens is 1. The number of H-pyrrole nitrogens is 1. The Kier molecular flexibility index (Phi) is 3.55. The fourth-order valence-corrected chi connectivity index (χ4v) is 2.72. The lowest BCUT2D eigenvalue weighted by atomic mass is 9.92. The molecule has 0 aliphatic carbocycles. The van der Waals surface area contributed by atoms with E-state index in [0.717, 1.165) is 13.1 Å². The van der Waals surface area contributed by atoms with E-state index < -0.39 is 0 Å². The van der Waals surface area contributed by atoms with Gasteiger partial charge in [0.1, 0.15) is 5.69 Å². The normalized spacial score (nSPS) is 24.1. The van der Waals surface area contributed by atoms with Crippen molar-refractivity contribution < 1.29 is 9.59 Å². The first-order chi connectivity index (χ1) is 8.47. The average molecular weight is 248 g/mol. The van der Waals surface area contributed by atoms with E-state index in [-0.39, 0.29) is 11.7 Å². The zero-order chi connectivity index (χ0) is 13.3. The first-order valence-electron chi connectivity index (χ1n) is 6.46. The summed E-state index contributed by atoms with van der Waals surface area (Å²) in [5.41, 5.74) is 1.01. The molecule has 1 aromatic rings. The van der Waals surface area contributed by atoms with E-state index >= 15 is 0 Å². The van der Waals surface area contributed by atoms with E-state index in [9.17, 15) is 9.59 Å². The topological polar surface area (TPSA) is 53.2 Å². The molecule has 0 spiro atoms. The van der Waals surface area contributed by atoms with E-state index in [1.54, 1.807) is 12.1 Å². The molecule has 2 unspecified atom stereocenters. The van der Waals surface area contributed by atoms with Crippen molar-refractivity contribution in [1.82, 2.24) is 9.88 Å². The zero-order valence-corrected chi connectivity index (χ0v) is 11.2. The number of nitrogens with one attached hydrogen (secondary N) is 1. The molecule has 1 fully saturated rings. The van der Waals surface area contributed by atoms with E-state index in [2.05, 4.69) is 18.8 Å². The number of rotatable bonds is 2. The first kappa shape index (κ1) is 12.9. The van der Waals surface area contributed by atoms with Gasteiger partial charge in [0.2, 0.25) is 0 Å². The van der Waals surface area contributed by atoms with Crippen LogP contribution in [0.2, 0.25) is 0 Å². The van der Waals surface area contributed by atoms with Gasteiger partial charge in [-0.3, -0.25) is 9.59 Å². The summed E-state index contributed by atoms with van der Waals surface area (Å²) in [6.07, 6.45) is 1.17. The van der Waals surface area contributed by atoms with Gasteiger partial charge in [0.25, 0.3) is 5.91 Å². The Morgan fingerprint density at radius 2 is 1.72 bits per heavy atom. The van der Waals surface area contributed by atoms with Crippen LogP contribution in [0.1, 0.15) is 48.2 Å². The van der Waals surface area contributed by atoms with Gasteiger partial charge < -0.3 is 9.88 Å². The van der Waals surface area contributed by atoms with Crippen LogP contribution in [0.4, 0.5) is 0 Å². The molecule has 1 aliphatic heterocycles. The summed E-state index contributed by atoms with van der Waals surface area (Å²) in [5, 5.41) is 0. The third-order valence-corrected chi connectivity index (χ3v) is 3.45. The molecular formula is C14H20N2O2. The number of hydrogen-bond donors (Lipinski definition) is 1. The second-order valence-corrected chi connectivity index (χ2v) is 5.50. The summed E-state index contributed by atoms with van der Waals surface area (Å²) >= 11 is 0. The molecule has 2 heterocycles. The average Bonchev–Trinajstić information content (AvgIpc) is 2.75. The van der Waals surface area contributed by atoms with E-state index in [1.807, 2.05) is 4.90 Å². The third kappa shape index (κ3) is 2.63. The van der Waals surface area contributed by atoms with Crippen LogP contribution in [0.3, 0.4) is 0 Å². The molecule has 1 N–H and O–H groups in total. The van der Waals surface area contributed by atoms with Gasteiger partial charge in [0, 0.05) is 20.0 Å². The second-order valence-electron chi connectivity index (χ2n) is 5.50. The number of likely N-dealkylation sites (tertiary alicyclic amines) is 1. The molecular weight excluding hydrogens is 228 g/mol. The van der Waals surface area contributed by atoms with Crippen molar-refractivity contribution in [1.29, 1.82) is 0 Å². The summed E-state index contributed by atoms with van der Waals surface area (Å²) < 4.78 is 0. The van der Waals surface area contributed by atoms with Gasteiger partial charge in [-0.1, -0.05) is 13.8 Å². The maximum absolute atomic E-state index is 12.3. The Hall–Kier alpha value is -1.58. The molecule has 2 atom stereocenters. The fourth-order valence-electron chi connectivity index (χ4n) is 2.72. The zero-order valence-electron chi connectivity index (χ0n) is 11.2. The highest BCUT2D eigenvalue weighted by atomic mass is 16.2. The highest BCUT2D eigenvalue weighted by Crippen LogP contribution is 2.22. The highest BCUT2D eigenvalue weighted by molar-refractivity contribution is 5.97. The lowest BCUT2D eigenvalue weighted by molar-refractivity contribution is 0.0618. The summed E-state index contributed by atoms with van der Waals surface area (Å²) in [6.45, 7) is 7.44. The number of carbonyl (C=O) groups excluding carboxylic acids is 2. The summed E-state index contributed by atoms with van der Waals surface area (Å²) in [4.78, 5) is 28.3. The molecule has 0 radical (unpaired) electrons. The minimum atomic E-state index is -0.0468. The molecule has 1 aliphatic rings. The van der Waals surface area contributed by atoms with Crippen LogP contribution in [-0.2, 0) is 0 Å². The number of carbonyl (C=O) groups is 2. The first-order valence-corrected chi connectivity index (χ1v) is 6.46. The van der Waals surface area contributed by atoms with Crippen molar-refractivity contribution in [3.63, 3.8) is 0 Å². The summed E-state index contributed by atoms with van der Waals surface area (Å²) in [6, 6.07) is 3.37. The van der Waals surface area contributed by atoms with Gasteiger partial charge >= 0.3 is 0 Å². The number of Topliss-reactive ketones (excluding diaryl/α,β-unsaturated/α-hetero) is 1. The maximum Gasteiger partial charge on any atom is 0.270 e. The van der Waals surface area contributed by atoms with E-state index in [4.69, 9.17) is 0 Å². The molecule has 1 amide bonds. The molecule has 0 saturated carbocycles. The lowest BCUT2D eigenvalue weighted by Crippen LogP contribution is -2.42. The van der Waals surface area contributed by atoms with Crippen LogP contribution in [-0.4, -0.2) is 34.7 Å². The molecule has 1 saturated heterocycles. The third-order valence-electron chi connectivity index (χ3n) is 3.45. The second kappa shape index (κ2) is 4.96. The van der Waals surface area contributed by atoms with Crippen molar-refractivity contribution in [2.24, 2.45) is 11.8 Å². The Bertz CT molecular complexity index is 454. The Morgan fingerprint density at radius 3 is 2.22 bits per heavy atom. The Labute approximate surface area is 107 Å². The quantitative estimate of drug-likeness (QED) is 0.817. The highest BCUT2D eigenvalue weighted by Gasteiger charge is 2.26. The van der Waals surface area contributed by atoms with Crippen LogP contribution >= 0.6 is 0 Å². The van der Waals surface area contributed by atoms with Crippen LogP contribution in [0.5, 0.6) is 0 Å². The summed E-state index contributed by atoms with van der Waals surface area (Å²) in [5.74, 6) is 1.04. The molecule has 0 aromatic carbocycles. The standard InChI is InChI=1S/C14H20N2O2/c1-9-6-10(2)8-16(7-9)14(18)13-5-4-12(15-13)11(3)17/h4-5,9-10,15H,6-8H2,1-3H3. The number of nitrogens with zero attached hydrogens (tertiary/aromatic N) is 1. The van der Waals surface area contributed by atoms with Gasteiger partial charge in [-0.2, -0.15) is 0 Å². The number of hydrogen-bond acceptors (Lipinski definition) is 2. The van der Waals surface area contributed by atoms with Crippen LogP contribution in [0.25, 0.3) is 0 Å². The Morgan fingerprint density at radius 1 is 1.17 bits per heavy atom. The van der Waals surface area contributed by atoms with Gasteiger partial charge in [-0.25, -0.2) is 0 Å². The molecule has 1 aromatic heterocycles. The molecule has 18 heavy (non-hydrogen) atoms. The van der Waals surface area contributed by atoms with Gasteiger partial charge in [0.05, 0.1) is 5.69 Å². The van der Waals surface area contributed by atoms with Gasteiger partial charge in [-0.15, -0.1) is 0 Å². The molecule has 2 rings (SSSR count). The van der Waals surface area contributed by atoms with Crippen LogP contribution in [0, 0.1) is 11.8 Å².